The van der Waals surface area contributed by atoms with Crippen LogP contribution in [0, 0.1) is 16.0 Å². The molecular weight excluding hydrogens is 324 g/mol. The Morgan fingerprint density at radius 1 is 1.36 bits per heavy atom. The van der Waals surface area contributed by atoms with Gasteiger partial charge in [-0.2, -0.15) is 0 Å². The van der Waals surface area contributed by atoms with Crippen molar-refractivity contribution >= 4 is 28.1 Å². The minimum atomic E-state index is -0.423. The molecule has 0 unspecified atom stereocenters. The molecule has 1 saturated heterocycles. The number of anilines is 1. The van der Waals surface area contributed by atoms with Crippen LogP contribution in [0.4, 0.5) is 11.4 Å². The first-order chi connectivity index (χ1) is 12.1. The van der Waals surface area contributed by atoms with Gasteiger partial charge in [0.2, 0.25) is 5.91 Å². The number of pyridine rings is 1. The summed E-state index contributed by atoms with van der Waals surface area (Å²) in [6.45, 7) is 1.32. The van der Waals surface area contributed by atoms with Gasteiger partial charge in [-0.05, 0) is 30.9 Å². The standard InChI is InChI=1S/C17H20N4O4/c18-17(22)9-15(11-4-7-25-8-5-11)20-14-1-2-16(21(23)24)13-10-19-6-3-12(13)14/h1-3,6,10-11,15,20H,4-5,7-9H2,(H2,18,22)/t15-/m0/s1. The van der Waals surface area contributed by atoms with Crippen molar-refractivity contribution in [2.24, 2.45) is 11.7 Å². The number of primary amides is 1. The fourth-order valence-electron chi connectivity index (χ4n) is 3.33. The number of hydrogen-bond acceptors (Lipinski definition) is 6. The Labute approximate surface area is 144 Å². The summed E-state index contributed by atoms with van der Waals surface area (Å²) in [7, 11) is 0. The highest BCUT2D eigenvalue weighted by molar-refractivity contribution is 5.99. The first-order valence-electron chi connectivity index (χ1n) is 8.20. The molecular formula is C17H20N4O4. The molecule has 2 heterocycles. The number of nitrogens with zero attached hydrogens (tertiary/aromatic N) is 2. The second-order valence-corrected chi connectivity index (χ2v) is 6.18. The summed E-state index contributed by atoms with van der Waals surface area (Å²) in [5.74, 6) is -0.120. The number of aromatic nitrogens is 1. The van der Waals surface area contributed by atoms with Gasteiger partial charge in [0, 0.05) is 55.2 Å². The van der Waals surface area contributed by atoms with E-state index >= 15 is 0 Å². The highest BCUT2D eigenvalue weighted by atomic mass is 16.6. The lowest BCUT2D eigenvalue weighted by Crippen LogP contribution is -2.37. The van der Waals surface area contributed by atoms with Crippen molar-refractivity contribution in [3.8, 4) is 0 Å². The SMILES string of the molecule is NC(=O)C[C@H](Nc1ccc([N+](=O)[O-])c2cnccc12)C1CCOCC1. The molecule has 1 aromatic heterocycles. The van der Waals surface area contributed by atoms with Crippen molar-refractivity contribution in [2.45, 2.75) is 25.3 Å². The van der Waals surface area contributed by atoms with Gasteiger partial charge in [-0.1, -0.05) is 0 Å². The molecule has 0 saturated carbocycles. The topological polar surface area (TPSA) is 120 Å². The van der Waals surface area contributed by atoms with E-state index < -0.39 is 4.92 Å². The highest BCUT2D eigenvalue weighted by Crippen LogP contribution is 2.33. The molecule has 132 valence electrons. The van der Waals surface area contributed by atoms with Crippen LogP contribution in [0.5, 0.6) is 0 Å². The van der Waals surface area contributed by atoms with E-state index in [1.807, 2.05) is 0 Å². The van der Waals surface area contributed by atoms with Crippen molar-refractivity contribution in [3.63, 3.8) is 0 Å². The number of nitro benzene ring substituents is 1. The fourth-order valence-corrected chi connectivity index (χ4v) is 3.33. The van der Waals surface area contributed by atoms with Crippen molar-refractivity contribution in [2.75, 3.05) is 18.5 Å². The van der Waals surface area contributed by atoms with Crippen LogP contribution < -0.4 is 11.1 Å². The van der Waals surface area contributed by atoms with Gasteiger partial charge in [0.1, 0.15) is 0 Å². The van der Waals surface area contributed by atoms with Gasteiger partial charge >= 0.3 is 0 Å². The maximum Gasteiger partial charge on any atom is 0.278 e. The van der Waals surface area contributed by atoms with Crippen LogP contribution in [0.25, 0.3) is 10.8 Å². The average molecular weight is 344 g/mol. The van der Waals surface area contributed by atoms with Gasteiger partial charge in [-0.3, -0.25) is 19.9 Å². The van der Waals surface area contributed by atoms with Crippen molar-refractivity contribution in [3.05, 3.63) is 40.7 Å². The smallest absolute Gasteiger partial charge is 0.278 e. The molecule has 3 rings (SSSR count). The van der Waals surface area contributed by atoms with Crippen LogP contribution in [-0.4, -0.2) is 35.1 Å². The number of nitrogens with one attached hydrogen (secondary N) is 1. The number of ether oxygens (including phenoxy) is 1. The van der Waals surface area contributed by atoms with Gasteiger partial charge in [-0.25, -0.2) is 0 Å². The minimum Gasteiger partial charge on any atom is -0.381 e. The number of fused-ring (bicyclic) bond motifs is 1. The molecule has 0 radical (unpaired) electrons. The Morgan fingerprint density at radius 2 is 2.12 bits per heavy atom. The number of non-ortho nitro benzene ring substituents is 1. The summed E-state index contributed by atoms with van der Waals surface area (Å²) < 4.78 is 5.39. The minimum absolute atomic E-state index is 0.00571. The molecule has 8 heteroatoms. The predicted octanol–water partition coefficient (Wildman–Crippen LogP) is 2.23. The maximum absolute atomic E-state index is 11.5. The molecule has 1 fully saturated rings. The monoisotopic (exact) mass is 344 g/mol. The molecule has 1 aliphatic rings. The van der Waals surface area contributed by atoms with E-state index in [0.717, 1.165) is 18.5 Å². The zero-order valence-electron chi connectivity index (χ0n) is 13.7. The number of hydrogen-bond donors (Lipinski definition) is 2. The molecule has 0 aliphatic carbocycles. The quantitative estimate of drug-likeness (QED) is 0.612. The Hall–Kier alpha value is -2.74. The van der Waals surface area contributed by atoms with E-state index in [0.29, 0.717) is 24.0 Å². The van der Waals surface area contributed by atoms with Crippen LogP contribution >= 0.6 is 0 Å². The van der Waals surface area contributed by atoms with Crippen molar-refractivity contribution < 1.29 is 14.5 Å². The molecule has 0 bridgehead atoms. The van der Waals surface area contributed by atoms with E-state index in [1.54, 1.807) is 18.3 Å². The highest BCUT2D eigenvalue weighted by Gasteiger charge is 2.26. The summed E-state index contributed by atoms with van der Waals surface area (Å²) in [5, 5.41) is 15.8. The van der Waals surface area contributed by atoms with E-state index in [2.05, 4.69) is 10.3 Å². The lowest BCUT2D eigenvalue weighted by Gasteiger charge is -2.31. The summed E-state index contributed by atoms with van der Waals surface area (Å²) in [4.78, 5) is 26.3. The van der Waals surface area contributed by atoms with E-state index in [4.69, 9.17) is 10.5 Å². The Balaban J connectivity index is 1.95. The predicted molar refractivity (Wildman–Crippen MR) is 93.2 cm³/mol. The van der Waals surface area contributed by atoms with Crippen molar-refractivity contribution in [1.29, 1.82) is 0 Å². The summed E-state index contributed by atoms with van der Waals surface area (Å²) in [6, 6.07) is 4.72. The summed E-state index contributed by atoms with van der Waals surface area (Å²) in [5.41, 5.74) is 6.16. The van der Waals surface area contributed by atoms with Gasteiger partial charge in [0.05, 0.1) is 10.3 Å². The molecule has 1 amide bonds. The Bertz CT molecular complexity index is 789. The molecule has 3 N–H and O–H groups in total. The zero-order chi connectivity index (χ0) is 17.8. The van der Waals surface area contributed by atoms with Crippen LogP contribution in [0.3, 0.4) is 0 Å². The molecule has 1 atom stereocenters. The largest absolute Gasteiger partial charge is 0.381 e. The lowest BCUT2D eigenvalue weighted by molar-refractivity contribution is -0.383. The third-order valence-electron chi connectivity index (χ3n) is 4.59. The van der Waals surface area contributed by atoms with Crippen molar-refractivity contribution in [1.82, 2.24) is 4.98 Å². The molecule has 1 aliphatic heterocycles. The Morgan fingerprint density at radius 3 is 2.80 bits per heavy atom. The second kappa shape index (κ2) is 7.43. The third-order valence-corrected chi connectivity index (χ3v) is 4.59. The first kappa shape index (κ1) is 17.1. The second-order valence-electron chi connectivity index (χ2n) is 6.18. The normalized spacial score (nSPS) is 16.5. The molecule has 8 nitrogen and oxygen atoms in total. The number of nitro groups is 1. The molecule has 25 heavy (non-hydrogen) atoms. The summed E-state index contributed by atoms with van der Waals surface area (Å²) in [6.07, 6.45) is 4.97. The molecule has 1 aromatic carbocycles. The van der Waals surface area contributed by atoms with Crippen LogP contribution in [0.1, 0.15) is 19.3 Å². The maximum atomic E-state index is 11.5. The fraction of sp³-hybridized carbons (Fsp3) is 0.412. The molecule has 2 aromatic rings. The van der Waals surface area contributed by atoms with E-state index in [9.17, 15) is 14.9 Å². The van der Waals surface area contributed by atoms with E-state index in [-0.39, 0.29) is 30.0 Å². The number of rotatable bonds is 6. The average Bonchev–Trinajstić information content (AvgIpc) is 2.61. The van der Waals surface area contributed by atoms with Crippen LogP contribution in [-0.2, 0) is 9.53 Å². The summed E-state index contributed by atoms with van der Waals surface area (Å²) >= 11 is 0. The zero-order valence-corrected chi connectivity index (χ0v) is 13.7. The van der Waals surface area contributed by atoms with Gasteiger partial charge in [-0.15, -0.1) is 0 Å². The van der Waals surface area contributed by atoms with Gasteiger partial charge < -0.3 is 15.8 Å². The number of benzene rings is 1. The third kappa shape index (κ3) is 3.85. The number of carbonyl (C=O) groups excluding carboxylic acids is 1. The van der Waals surface area contributed by atoms with Gasteiger partial charge in [0.15, 0.2) is 0 Å². The van der Waals surface area contributed by atoms with Crippen LogP contribution in [0.2, 0.25) is 0 Å². The molecule has 0 spiro atoms. The Kier molecular flexibility index (Phi) is 5.08. The first-order valence-corrected chi connectivity index (χ1v) is 8.20. The number of amides is 1. The number of nitrogens with two attached hydrogens (primary N) is 1. The van der Waals surface area contributed by atoms with Crippen LogP contribution in [0.15, 0.2) is 30.6 Å². The lowest BCUT2D eigenvalue weighted by atomic mass is 9.89. The van der Waals surface area contributed by atoms with Gasteiger partial charge in [0.25, 0.3) is 5.69 Å². The van der Waals surface area contributed by atoms with E-state index in [1.165, 1.54) is 12.3 Å². The number of carbonyl (C=O) groups is 1.